The topological polar surface area (TPSA) is 116 Å². The number of carbonyl (C=O) groups excluding carboxylic acids is 2. The highest BCUT2D eigenvalue weighted by atomic mass is 19.1. The van der Waals surface area contributed by atoms with Crippen LogP contribution in [-0.2, 0) is 4.79 Å². The maximum atomic E-state index is 12.2. The van der Waals surface area contributed by atoms with Crippen LogP contribution in [0.1, 0.15) is 36.7 Å². The summed E-state index contributed by atoms with van der Waals surface area (Å²) in [5.74, 6) is 0.620. The fraction of sp³-hybridized carbons (Fsp3) is 0.409. The van der Waals surface area contributed by atoms with E-state index in [2.05, 4.69) is 35.7 Å². The third kappa shape index (κ3) is 7.93. The van der Waals surface area contributed by atoms with Crippen molar-refractivity contribution < 1.29 is 14.0 Å². The first-order chi connectivity index (χ1) is 15.6. The number of H-pyrrole nitrogens is 1. The summed E-state index contributed by atoms with van der Waals surface area (Å²) < 4.78 is 11.4. The summed E-state index contributed by atoms with van der Waals surface area (Å²) in [6.45, 7) is 3.04. The van der Waals surface area contributed by atoms with E-state index in [1.165, 1.54) is 6.08 Å². The Morgan fingerprint density at radius 3 is 2.66 bits per heavy atom. The number of carbonyl (C=O) groups is 2. The molecule has 10 heteroatoms. The summed E-state index contributed by atoms with van der Waals surface area (Å²) >= 11 is 0. The van der Waals surface area contributed by atoms with E-state index in [1.54, 1.807) is 43.9 Å². The number of nitrogens with one attached hydrogen (secondary N) is 3. The lowest BCUT2D eigenvalue weighted by Crippen LogP contribution is -2.45. The minimum atomic E-state index is -0.454. The third-order valence-corrected chi connectivity index (χ3v) is 4.81. The number of aromatic nitrogens is 4. The Balaban J connectivity index is 0.000000309. The van der Waals surface area contributed by atoms with Crippen LogP contribution in [0.4, 0.5) is 16.0 Å². The summed E-state index contributed by atoms with van der Waals surface area (Å²) in [6.07, 6.45) is 12.8. The molecule has 0 aromatic carbocycles. The van der Waals surface area contributed by atoms with Crippen LogP contribution in [0.25, 0.3) is 0 Å². The van der Waals surface area contributed by atoms with E-state index >= 15 is 0 Å². The van der Waals surface area contributed by atoms with Gasteiger partial charge in [0.2, 0.25) is 5.95 Å². The molecular weight excluding hydrogens is 413 g/mol. The van der Waals surface area contributed by atoms with Gasteiger partial charge in [0.05, 0.1) is 11.9 Å². The molecule has 2 aromatic heterocycles. The molecule has 3 N–H and O–H groups in total. The summed E-state index contributed by atoms with van der Waals surface area (Å²) in [4.78, 5) is 32.8. The second-order valence-electron chi connectivity index (χ2n) is 7.16. The van der Waals surface area contributed by atoms with E-state index in [4.69, 9.17) is 0 Å². The van der Waals surface area contributed by atoms with Crippen molar-refractivity contribution in [3.63, 3.8) is 0 Å². The van der Waals surface area contributed by atoms with Gasteiger partial charge in [-0.25, -0.2) is 14.4 Å². The van der Waals surface area contributed by atoms with Crippen molar-refractivity contribution >= 4 is 23.8 Å². The van der Waals surface area contributed by atoms with Gasteiger partial charge in [-0.05, 0) is 25.8 Å². The van der Waals surface area contributed by atoms with Gasteiger partial charge >= 0.3 is 0 Å². The molecule has 1 fully saturated rings. The number of aldehydes is 1. The van der Waals surface area contributed by atoms with Crippen LogP contribution in [0.15, 0.2) is 48.5 Å². The summed E-state index contributed by atoms with van der Waals surface area (Å²) in [7, 11) is 1.76. The van der Waals surface area contributed by atoms with Crippen molar-refractivity contribution in [3.8, 4) is 0 Å². The van der Waals surface area contributed by atoms with Gasteiger partial charge in [0.1, 0.15) is 18.7 Å². The fourth-order valence-corrected chi connectivity index (χ4v) is 3.07. The number of rotatable bonds is 8. The Morgan fingerprint density at radius 1 is 1.31 bits per heavy atom. The third-order valence-electron chi connectivity index (χ3n) is 4.81. The van der Waals surface area contributed by atoms with E-state index in [9.17, 15) is 14.0 Å². The molecule has 0 spiro atoms. The Labute approximate surface area is 187 Å². The zero-order valence-corrected chi connectivity index (χ0v) is 18.4. The van der Waals surface area contributed by atoms with Crippen LogP contribution < -0.4 is 15.5 Å². The quantitative estimate of drug-likeness (QED) is 0.424. The monoisotopic (exact) mass is 443 g/mol. The molecule has 0 saturated carbocycles. The van der Waals surface area contributed by atoms with E-state index in [1.807, 2.05) is 6.92 Å². The Hall–Kier alpha value is -3.56. The van der Waals surface area contributed by atoms with E-state index in [0.29, 0.717) is 17.8 Å². The van der Waals surface area contributed by atoms with Gasteiger partial charge in [0.15, 0.2) is 0 Å². The molecule has 0 unspecified atom stereocenters. The lowest BCUT2D eigenvalue weighted by molar-refractivity contribution is -0.107. The van der Waals surface area contributed by atoms with Crippen LogP contribution >= 0.6 is 0 Å². The van der Waals surface area contributed by atoms with Crippen molar-refractivity contribution in [1.29, 1.82) is 0 Å². The lowest BCUT2D eigenvalue weighted by atomic mass is 10.1. The number of alkyl halides is 1. The maximum Gasteiger partial charge on any atom is 0.271 e. The average molecular weight is 444 g/mol. The smallest absolute Gasteiger partial charge is 0.271 e. The van der Waals surface area contributed by atoms with Crippen molar-refractivity contribution in [3.05, 3.63) is 54.2 Å². The van der Waals surface area contributed by atoms with Crippen LogP contribution in [0, 0.1) is 0 Å². The first kappa shape index (κ1) is 24.7. The molecule has 0 radical (unpaired) electrons. The van der Waals surface area contributed by atoms with Crippen molar-refractivity contribution in [2.24, 2.45) is 0 Å². The van der Waals surface area contributed by atoms with Gasteiger partial charge in [-0.15, -0.1) is 0 Å². The highest BCUT2D eigenvalue weighted by molar-refractivity contribution is 5.97. The van der Waals surface area contributed by atoms with Gasteiger partial charge in [0.25, 0.3) is 5.91 Å². The van der Waals surface area contributed by atoms with Crippen LogP contribution in [0.3, 0.4) is 0 Å². The van der Waals surface area contributed by atoms with Crippen molar-refractivity contribution in [2.75, 3.05) is 37.0 Å². The van der Waals surface area contributed by atoms with Gasteiger partial charge in [0, 0.05) is 45.0 Å². The molecule has 1 amide bonds. The number of anilines is 2. The number of piperidine rings is 1. The molecule has 1 aliphatic heterocycles. The molecule has 0 bridgehead atoms. The zero-order chi connectivity index (χ0) is 23.2. The van der Waals surface area contributed by atoms with Gasteiger partial charge in [-0.3, -0.25) is 9.89 Å². The standard InChI is InChI=1S/C14H19N7O.C8H11FO/c1-15-11-9-18-20-12(11)13(22)19-10-3-7-21(8-4-10)14-16-5-2-6-17-14;1-8(5-7-10)4-2-3-6-9/h2,5-6,9-10,15H,3-4,7-8H2,1H3,(H,18,20)(H,19,22);2-4,7H,5-6H2,1H3/b;3-2-,8-4-. The molecule has 9 nitrogen and oxygen atoms in total. The molecule has 2 aromatic rings. The predicted molar refractivity (Wildman–Crippen MR) is 122 cm³/mol. The molecule has 1 aliphatic rings. The zero-order valence-electron chi connectivity index (χ0n) is 18.4. The van der Waals surface area contributed by atoms with Gasteiger partial charge in [-0.1, -0.05) is 23.8 Å². The number of halogens is 1. The molecule has 3 heterocycles. The molecule has 0 atom stereocenters. The largest absolute Gasteiger partial charge is 0.385 e. The average Bonchev–Trinajstić information content (AvgIpc) is 3.30. The number of hydrogen-bond acceptors (Lipinski definition) is 7. The number of allylic oxidation sites excluding steroid dienone is 4. The summed E-state index contributed by atoms with van der Waals surface area (Å²) in [6, 6.07) is 1.96. The van der Waals surface area contributed by atoms with Gasteiger partial charge < -0.3 is 20.3 Å². The summed E-state index contributed by atoms with van der Waals surface area (Å²) in [5, 5.41) is 12.6. The maximum absolute atomic E-state index is 12.2. The van der Waals surface area contributed by atoms with E-state index in [-0.39, 0.29) is 11.9 Å². The second kappa shape index (κ2) is 13.7. The van der Waals surface area contributed by atoms with E-state index in [0.717, 1.165) is 43.7 Å². The first-order valence-electron chi connectivity index (χ1n) is 10.4. The highest BCUT2D eigenvalue weighted by Crippen LogP contribution is 2.16. The van der Waals surface area contributed by atoms with Crippen LogP contribution in [0.2, 0.25) is 0 Å². The molecule has 32 heavy (non-hydrogen) atoms. The molecule has 3 rings (SSSR count). The molecule has 172 valence electrons. The van der Waals surface area contributed by atoms with Crippen LogP contribution in [-0.4, -0.2) is 65.2 Å². The lowest BCUT2D eigenvalue weighted by Gasteiger charge is -2.32. The second-order valence-corrected chi connectivity index (χ2v) is 7.16. The Kier molecular flexibility index (Phi) is 10.6. The minimum Gasteiger partial charge on any atom is -0.385 e. The normalized spacial score (nSPS) is 14.6. The van der Waals surface area contributed by atoms with Crippen molar-refractivity contribution in [2.45, 2.75) is 32.2 Å². The predicted octanol–water partition coefficient (Wildman–Crippen LogP) is 2.69. The van der Waals surface area contributed by atoms with Crippen LogP contribution in [0.5, 0.6) is 0 Å². The van der Waals surface area contributed by atoms with Crippen molar-refractivity contribution in [1.82, 2.24) is 25.5 Å². The molecule has 0 aliphatic carbocycles. The number of hydrogen-bond donors (Lipinski definition) is 3. The highest BCUT2D eigenvalue weighted by Gasteiger charge is 2.23. The number of nitrogens with zero attached hydrogens (tertiary/aromatic N) is 4. The Morgan fingerprint density at radius 2 is 2.03 bits per heavy atom. The molecular formula is C22H30FN7O2. The Bertz CT molecular complexity index is 891. The van der Waals surface area contributed by atoms with Gasteiger partial charge in [-0.2, -0.15) is 5.10 Å². The minimum absolute atomic E-state index is 0.128. The molecule has 1 saturated heterocycles. The summed E-state index contributed by atoms with van der Waals surface area (Å²) in [5.41, 5.74) is 2.11. The SMILES string of the molecule is C/C(=C/C=C\CF)CC=O.CNc1cn[nH]c1C(=O)NC1CCN(c2ncccn2)CC1. The number of amides is 1. The fourth-order valence-electron chi connectivity index (χ4n) is 3.07. The number of aromatic amines is 1. The first-order valence-corrected chi connectivity index (χ1v) is 10.4. The van der Waals surface area contributed by atoms with E-state index < -0.39 is 6.67 Å².